The van der Waals surface area contributed by atoms with E-state index in [-0.39, 0.29) is 11.9 Å². The molecule has 0 radical (unpaired) electrons. The van der Waals surface area contributed by atoms with E-state index in [1.54, 1.807) is 0 Å². The molecule has 1 heterocycles. The molecule has 3 aliphatic rings. The highest BCUT2D eigenvalue weighted by molar-refractivity contribution is 5.69. The van der Waals surface area contributed by atoms with Gasteiger partial charge in [0.05, 0.1) is 13.2 Å². The van der Waals surface area contributed by atoms with E-state index in [0.29, 0.717) is 13.2 Å². The quantitative estimate of drug-likeness (QED) is 0.745. The van der Waals surface area contributed by atoms with Crippen LogP contribution in [0.2, 0.25) is 0 Å². The SMILES string of the molecule is CC(=O)O[C@]12c3ccccc3[C@H]1CCCC21OCCCO1. The van der Waals surface area contributed by atoms with Gasteiger partial charge in [-0.3, -0.25) is 4.79 Å². The summed E-state index contributed by atoms with van der Waals surface area (Å²) < 4.78 is 18.1. The van der Waals surface area contributed by atoms with Crippen molar-refractivity contribution >= 4 is 5.97 Å². The predicted octanol–water partition coefficient (Wildman–Crippen LogP) is 2.86. The van der Waals surface area contributed by atoms with E-state index >= 15 is 0 Å². The van der Waals surface area contributed by atoms with Crippen molar-refractivity contribution in [3.8, 4) is 0 Å². The second kappa shape index (κ2) is 4.55. The minimum atomic E-state index is -0.797. The minimum absolute atomic E-state index is 0.185. The van der Waals surface area contributed by atoms with Gasteiger partial charge in [-0.25, -0.2) is 0 Å². The van der Waals surface area contributed by atoms with Gasteiger partial charge in [-0.2, -0.15) is 0 Å². The molecule has 4 nitrogen and oxygen atoms in total. The number of hydrogen-bond donors (Lipinski definition) is 0. The highest BCUT2D eigenvalue weighted by atomic mass is 16.7. The first-order valence-electron chi connectivity index (χ1n) is 7.76. The Morgan fingerprint density at radius 2 is 2.00 bits per heavy atom. The number of rotatable bonds is 1. The van der Waals surface area contributed by atoms with E-state index < -0.39 is 11.4 Å². The van der Waals surface area contributed by atoms with Crippen molar-refractivity contribution in [2.24, 2.45) is 0 Å². The molecule has 1 aliphatic heterocycles. The third kappa shape index (κ3) is 1.60. The van der Waals surface area contributed by atoms with Gasteiger partial charge in [0.15, 0.2) is 5.60 Å². The topological polar surface area (TPSA) is 44.8 Å². The van der Waals surface area contributed by atoms with Crippen molar-refractivity contribution < 1.29 is 19.0 Å². The molecule has 1 saturated heterocycles. The van der Waals surface area contributed by atoms with Gasteiger partial charge < -0.3 is 14.2 Å². The first-order chi connectivity index (χ1) is 10.2. The maximum absolute atomic E-state index is 11.8. The lowest BCUT2D eigenvalue weighted by Crippen LogP contribution is -2.68. The molecule has 4 rings (SSSR count). The average molecular weight is 288 g/mol. The molecule has 2 fully saturated rings. The molecule has 0 bridgehead atoms. The Morgan fingerprint density at radius 1 is 1.24 bits per heavy atom. The number of carbonyl (C=O) groups is 1. The van der Waals surface area contributed by atoms with E-state index in [0.717, 1.165) is 31.2 Å². The monoisotopic (exact) mass is 288 g/mol. The zero-order valence-corrected chi connectivity index (χ0v) is 12.3. The van der Waals surface area contributed by atoms with Crippen LogP contribution in [0.1, 0.15) is 49.7 Å². The Balaban J connectivity index is 1.87. The molecule has 0 aromatic heterocycles. The summed E-state index contributed by atoms with van der Waals surface area (Å²) in [5, 5.41) is 0. The Bertz CT molecular complexity index is 570. The van der Waals surface area contributed by atoms with Crippen LogP contribution in [0.15, 0.2) is 24.3 Å². The molecule has 21 heavy (non-hydrogen) atoms. The van der Waals surface area contributed by atoms with Gasteiger partial charge in [0, 0.05) is 24.8 Å². The molecule has 1 aromatic rings. The summed E-state index contributed by atoms with van der Waals surface area (Å²) in [6.45, 7) is 2.80. The number of fused-ring (bicyclic) bond motifs is 5. The average Bonchev–Trinajstić information content (AvgIpc) is 2.49. The molecule has 0 amide bonds. The van der Waals surface area contributed by atoms with Gasteiger partial charge in [-0.15, -0.1) is 0 Å². The van der Waals surface area contributed by atoms with Gasteiger partial charge in [-0.1, -0.05) is 24.3 Å². The lowest BCUT2D eigenvalue weighted by molar-refractivity contribution is -0.373. The summed E-state index contributed by atoms with van der Waals surface area (Å²) >= 11 is 0. The van der Waals surface area contributed by atoms with Gasteiger partial charge in [0.1, 0.15) is 0 Å². The molecular weight excluding hydrogens is 268 g/mol. The third-order valence-electron chi connectivity index (χ3n) is 5.06. The second-order valence-corrected chi connectivity index (χ2v) is 6.16. The van der Waals surface area contributed by atoms with Crippen LogP contribution in [-0.4, -0.2) is 25.0 Å². The number of carbonyl (C=O) groups excluding carboxylic acids is 1. The normalized spacial score (nSPS) is 32.7. The molecule has 0 N–H and O–H groups in total. The van der Waals surface area contributed by atoms with E-state index in [4.69, 9.17) is 14.2 Å². The smallest absolute Gasteiger partial charge is 0.303 e. The van der Waals surface area contributed by atoms with Crippen molar-refractivity contribution in [3.05, 3.63) is 35.4 Å². The number of esters is 1. The molecule has 1 aromatic carbocycles. The van der Waals surface area contributed by atoms with Crippen LogP contribution in [-0.2, 0) is 24.6 Å². The largest absolute Gasteiger partial charge is 0.448 e. The van der Waals surface area contributed by atoms with Gasteiger partial charge in [-0.05, 0) is 24.8 Å². The van der Waals surface area contributed by atoms with E-state index in [1.165, 1.54) is 12.5 Å². The molecule has 112 valence electrons. The summed E-state index contributed by atoms with van der Waals surface area (Å²) in [4.78, 5) is 11.8. The van der Waals surface area contributed by atoms with Gasteiger partial charge in [0.2, 0.25) is 5.79 Å². The Hall–Kier alpha value is -1.39. The van der Waals surface area contributed by atoms with Gasteiger partial charge >= 0.3 is 5.97 Å². The number of hydrogen-bond acceptors (Lipinski definition) is 4. The Kier molecular flexibility index (Phi) is 2.88. The van der Waals surface area contributed by atoms with Crippen molar-refractivity contribution in [1.29, 1.82) is 0 Å². The fraction of sp³-hybridized carbons (Fsp3) is 0.588. The molecule has 0 unspecified atom stereocenters. The van der Waals surface area contributed by atoms with Crippen LogP contribution in [0.5, 0.6) is 0 Å². The summed E-state index contributed by atoms with van der Waals surface area (Å²) in [6, 6.07) is 8.21. The molecular formula is C17H20O4. The number of ether oxygens (including phenoxy) is 3. The zero-order valence-electron chi connectivity index (χ0n) is 12.3. The van der Waals surface area contributed by atoms with Crippen LogP contribution < -0.4 is 0 Å². The van der Waals surface area contributed by atoms with Crippen molar-refractivity contribution in [1.82, 2.24) is 0 Å². The first kappa shape index (κ1) is 13.3. The highest BCUT2D eigenvalue weighted by Crippen LogP contribution is 2.65. The molecule has 4 heteroatoms. The van der Waals surface area contributed by atoms with Crippen LogP contribution in [0.25, 0.3) is 0 Å². The first-order valence-corrected chi connectivity index (χ1v) is 7.76. The lowest BCUT2D eigenvalue weighted by Gasteiger charge is -2.62. The highest BCUT2D eigenvalue weighted by Gasteiger charge is 2.70. The fourth-order valence-corrected chi connectivity index (χ4v) is 4.39. The standard InChI is InChI=1S/C17H20O4/c1-12(18)21-17-14-7-3-2-6-13(14)15(17)8-4-9-16(17)19-10-5-11-20-16/h2-3,6-7,15H,4-5,8-11H2,1H3/t15-,17-/m1/s1. The summed E-state index contributed by atoms with van der Waals surface area (Å²) in [5.74, 6) is -0.883. The maximum atomic E-state index is 11.8. The second-order valence-electron chi connectivity index (χ2n) is 6.16. The maximum Gasteiger partial charge on any atom is 0.303 e. The van der Waals surface area contributed by atoms with Crippen molar-refractivity contribution in [2.75, 3.05) is 13.2 Å². The number of benzene rings is 1. The Labute approximate surface area is 124 Å². The van der Waals surface area contributed by atoms with Crippen LogP contribution in [0.3, 0.4) is 0 Å². The molecule has 2 aliphatic carbocycles. The van der Waals surface area contributed by atoms with Crippen molar-refractivity contribution in [2.45, 2.75) is 49.9 Å². The van der Waals surface area contributed by atoms with Crippen LogP contribution in [0, 0.1) is 0 Å². The molecule has 1 saturated carbocycles. The summed E-state index contributed by atoms with van der Waals surface area (Å²) in [6.07, 6.45) is 3.72. The lowest BCUT2D eigenvalue weighted by atomic mass is 9.54. The van der Waals surface area contributed by atoms with Crippen LogP contribution in [0.4, 0.5) is 0 Å². The minimum Gasteiger partial charge on any atom is -0.448 e. The molecule has 2 atom stereocenters. The van der Waals surface area contributed by atoms with Crippen LogP contribution >= 0.6 is 0 Å². The predicted molar refractivity (Wildman–Crippen MR) is 75.7 cm³/mol. The van der Waals surface area contributed by atoms with E-state index in [1.807, 2.05) is 18.2 Å². The zero-order chi connectivity index (χ0) is 14.5. The van der Waals surface area contributed by atoms with E-state index in [2.05, 4.69) is 6.07 Å². The summed E-state index contributed by atoms with van der Waals surface area (Å²) in [5.41, 5.74) is 1.58. The fourth-order valence-electron chi connectivity index (χ4n) is 4.39. The molecule has 1 spiro atoms. The third-order valence-corrected chi connectivity index (χ3v) is 5.06. The van der Waals surface area contributed by atoms with Gasteiger partial charge in [0.25, 0.3) is 0 Å². The van der Waals surface area contributed by atoms with E-state index in [9.17, 15) is 4.79 Å². The van der Waals surface area contributed by atoms with Crippen molar-refractivity contribution in [3.63, 3.8) is 0 Å². The Morgan fingerprint density at radius 3 is 2.76 bits per heavy atom. The summed E-state index contributed by atoms with van der Waals surface area (Å²) in [7, 11) is 0.